The topological polar surface area (TPSA) is 90.7 Å². The van der Waals surface area contributed by atoms with Gasteiger partial charge < -0.3 is 18.7 Å². The lowest BCUT2D eigenvalue weighted by Gasteiger charge is -2.43. The van der Waals surface area contributed by atoms with Crippen molar-refractivity contribution in [2.75, 3.05) is 6.61 Å². The average Bonchev–Trinajstić information content (AvgIpc) is 3.86. The maximum Gasteiger partial charge on any atom is 0.270 e. The van der Waals surface area contributed by atoms with E-state index in [1.807, 2.05) is 93.6 Å². The molecule has 0 saturated carbocycles. The van der Waals surface area contributed by atoms with Crippen molar-refractivity contribution in [2.45, 2.75) is 76.9 Å². The molecule has 1 unspecified atom stereocenters. The van der Waals surface area contributed by atoms with Crippen LogP contribution in [0.15, 0.2) is 150 Å². The van der Waals surface area contributed by atoms with Crippen LogP contribution in [0, 0.1) is 5.82 Å². The molecule has 5 aromatic carbocycles. The number of nitrogens with one attached hydrogen (secondary N) is 1. The molecule has 7 nitrogen and oxygen atoms in total. The Hall–Kier alpha value is -5.36. The van der Waals surface area contributed by atoms with Crippen LogP contribution in [-0.2, 0) is 28.9 Å². The second-order valence-electron chi connectivity index (χ2n) is 17.7. The molecule has 2 atom stereocenters. The molecule has 0 bridgehead atoms. The molecule has 7 aromatic rings. The molecule has 1 aliphatic rings. The summed E-state index contributed by atoms with van der Waals surface area (Å²) in [7, 11) is -2.90. The zero-order valence-corrected chi connectivity index (χ0v) is 37.4. The number of carbonyl (C=O) groups excluding carboxylic acids is 1. The van der Waals surface area contributed by atoms with Crippen LogP contribution < -0.4 is 15.7 Å². The molecule has 0 radical (unpaired) electrons. The average molecular weight is 850 g/mol. The molecular weight excluding hydrogens is 798 g/mol. The molecule has 0 aliphatic carbocycles. The zero-order chi connectivity index (χ0) is 42.9. The van der Waals surface area contributed by atoms with E-state index in [4.69, 9.17) is 13.8 Å². The van der Waals surface area contributed by atoms with Crippen molar-refractivity contribution in [2.24, 2.45) is 0 Å². The van der Waals surface area contributed by atoms with Crippen LogP contribution >= 0.6 is 0 Å². The predicted molar refractivity (Wildman–Crippen MR) is 247 cm³/mol. The first kappa shape index (κ1) is 42.3. The minimum absolute atomic E-state index is 0.00349. The number of fused-ring (bicyclic) bond motifs is 2. The van der Waals surface area contributed by atoms with Crippen LogP contribution in [0.4, 0.5) is 4.39 Å². The summed E-state index contributed by atoms with van der Waals surface area (Å²) in [4.78, 5) is 19.1. The van der Waals surface area contributed by atoms with Crippen molar-refractivity contribution in [3.63, 3.8) is 0 Å². The lowest BCUT2D eigenvalue weighted by Crippen LogP contribution is -2.66. The summed E-state index contributed by atoms with van der Waals surface area (Å²) in [5.41, 5.74) is 5.41. The Morgan fingerprint density at radius 2 is 1.48 bits per heavy atom. The Balaban J connectivity index is 1.23. The normalized spacial score (nSPS) is 15.2. The van der Waals surface area contributed by atoms with Gasteiger partial charge in [0.2, 0.25) is 0 Å². The molecule has 0 saturated heterocycles. The van der Waals surface area contributed by atoms with Gasteiger partial charge in [-0.2, -0.15) is 0 Å². The number of para-hydroxylation sites is 1. The SMILES string of the molecule is CC(C)(C)[S@@+]([O-])N1Cc2cc(C(=O)NCc3ccccc3F)nc(-c3cccc(-c4cc5ccccc5o4)c3)c2C1CCO[Si](c1ccccc1)(c1ccccc1)C(C)(C)C. The molecule has 312 valence electrons. The fraction of sp³-hybridized carbons (Fsp3) is 0.255. The standard InChI is InChI=1S/C51H52FN3O4SSi/c1-50(2,3)60(57)55-34-39-31-43(49(56)53-33-38-19-13-15-26-42(38)52)54-48(37-21-17-20-35(30-37)46-32-36-18-14-16-27-45(36)59-46)47(39)44(55)28-29-58-61(51(4,5)6,40-22-9-7-10-23-40)41-24-11-8-12-25-41/h7-27,30-32,44H,28-29,33-34H2,1-6H3,(H,53,56)/t44?,60-/m1/s1. The Kier molecular flexibility index (Phi) is 11.9. The summed E-state index contributed by atoms with van der Waals surface area (Å²) in [5, 5.41) is 6.04. The third-order valence-corrected chi connectivity index (χ3v) is 18.4. The van der Waals surface area contributed by atoms with E-state index in [1.54, 1.807) is 18.2 Å². The van der Waals surface area contributed by atoms with Gasteiger partial charge in [0, 0.05) is 52.2 Å². The third-order valence-electron chi connectivity index (χ3n) is 11.5. The van der Waals surface area contributed by atoms with E-state index in [1.165, 1.54) is 16.4 Å². The van der Waals surface area contributed by atoms with E-state index in [-0.39, 0.29) is 23.3 Å². The molecule has 1 N–H and O–H groups in total. The number of furan rings is 1. The van der Waals surface area contributed by atoms with Crippen LogP contribution in [0.2, 0.25) is 5.04 Å². The van der Waals surface area contributed by atoms with E-state index < -0.39 is 36.2 Å². The maximum absolute atomic E-state index is 14.6. The largest absolute Gasteiger partial charge is 0.597 e. The first-order valence-electron chi connectivity index (χ1n) is 20.8. The molecule has 1 amide bonds. The van der Waals surface area contributed by atoms with Gasteiger partial charge in [-0.3, -0.25) is 4.79 Å². The summed E-state index contributed by atoms with van der Waals surface area (Å²) in [6.07, 6.45) is 0.524. The molecule has 8 rings (SSSR count). The number of carbonyl (C=O) groups is 1. The zero-order valence-electron chi connectivity index (χ0n) is 35.6. The number of amides is 1. The smallest absolute Gasteiger partial charge is 0.270 e. The molecule has 2 aromatic heterocycles. The number of pyridine rings is 1. The number of aromatic nitrogens is 1. The van der Waals surface area contributed by atoms with Crippen molar-refractivity contribution in [3.05, 3.63) is 174 Å². The van der Waals surface area contributed by atoms with E-state index in [9.17, 15) is 13.7 Å². The van der Waals surface area contributed by atoms with Crippen molar-refractivity contribution >= 4 is 46.9 Å². The van der Waals surface area contributed by atoms with Gasteiger partial charge in [-0.05, 0) is 78.5 Å². The van der Waals surface area contributed by atoms with Crippen LogP contribution in [0.25, 0.3) is 33.6 Å². The number of halogens is 1. The van der Waals surface area contributed by atoms with E-state index in [2.05, 4.69) is 78.9 Å². The van der Waals surface area contributed by atoms with E-state index >= 15 is 0 Å². The van der Waals surface area contributed by atoms with Crippen LogP contribution in [-0.4, -0.2) is 39.4 Å². The second-order valence-corrected chi connectivity index (χ2v) is 24.2. The summed E-state index contributed by atoms with van der Waals surface area (Å²) in [6, 6.07) is 46.9. The van der Waals surface area contributed by atoms with Gasteiger partial charge in [0.1, 0.15) is 27.6 Å². The highest BCUT2D eigenvalue weighted by molar-refractivity contribution is 7.90. The minimum Gasteiger partial charge on any atom is -0.597 e. The van der Waals surface area contributed by atoms with Crippen LogP contribution in [0.3, 0.4) is 0 Å². The summed E-state index contributed by atoms with van der Waals surface area (Å²) in [5.74, 6) is -0.108. The van der Waals surface area contributed by atoms with Crippen molar-refractivity contribution in [3.8, 4) is 22.6 Å². The monoisotopic (exact) mass is 849 g/mol. The number of nitrogens with zero attached hydrogens (tertiary/aromatic N) is 2. The fourth-order valence-corrected chi connectivity index (χ4v) is 14.6. The van der Waals surface area contributed by atoms with Gasteiger partial charge >= 0.3 is 0 Å². The van der Waals surface area contributed by atoms with E-state index in [0.717, 1.165) is 33.2 Å². The summed E-state index contributed by atoms with van der Waals surface area (Å²) in [6.45, 7) is 13.5. The van der Waals surface area contributed by atoms with Crippen LogP contribution in [0.5, 0.6) is 0 Å². The van der Waals surface area contributed by atoms with Gasteiger partial charge in [-0.15, -0.1) is 4.31 Å². The maximum atomic E-state index is 14.6. The number of benzene rings is 5. The summed E-state index contributed by atoms with van der Waals surface area (Å²) >= 11 is -1.43. The third kappa shape index (κ3) is 8.48. The second kappa shape index (κ2) is 17.2. The van der Waals surface area contributed by atoms with Crippen molar-refractivity contribution in [1.82, 2.24) is 14.6 Å². The molecule has 3 heterocycles. The molecule has 61 heavy (non-hydrogen) atoms. The first-order valence-corrected chi connectivity index (χ1v) is 23.8. The first-order chi connectivity index (χ1) is 29.2. The Bertz CT molecular complexity index is 2590. The van der Waals surface area contributed by atoms with E-state index in [0.29, 0.717) is 36.6 Å². The Labute approximate surface area is 362 Å². The summed E-state index contributed by atoms with van der Waals surface area (Å²) < 4.78 is 44.5. The number of hydrogen-bond donors (Lipinski definition) is 1. The highest BCUT2D eigenvalue weighted by Gasteiger charge is 2.51. The fourth-order valence-electron chi connectivity index (χ4n) is 8.62. The molecule has 1 aliphatic heterocycles. The van der Waals surface area contributed by atoms with Gasteiger partial charge in [-0.1, -0.05) is 136 Å². The number of rotatable bonds is 12. The van der Waals surface area contributed by atoms with Crippen molar-refractivity contribution in [1.29, 1.82) is 0 Å². The lowest BCUT2D eigenvalue weighted by molar-refractivity contribution is 0.0945. The van der Waals surface area contributed by atoms with Crippen molar-refractivity contribution < 1.29 is 22.6 Å². The Morgan fingerprint density at radius 3 is 2.13 bits per heavy atom. The molecule has 0 fully saturated rings. The van der Waals surface area contributed by atoms with Gasteiger partial charge in [-0.25, -0.2) is 9.37 Å². The van der Waals surface area contributed by atoms with Gasteiger partial charge in [0.05, 0.1) is 18.3 Å². The Morgan fingerprint density at radius 1 is 0.836 bits per heavy atom. The molecule has 0 spiro atoms. The van der Waals surface area contributed by atoms with Crippen LogP contribution in [0.1, 0.15) is 81.2 Å². The quantitative estimate of drug-likeness (QED) is 0.0973. The molecule has 10 heteroatoms. The highest BCUT2D eigenvalue weighted by Crippen LogP contribution is 2.46. The minimum atomic E-state index is -2.90. The molecular formula is C51H52FN3O4SSi. The lowest BCUT2D eigenvalue weighted by atomic mass is 9.95. The predicted octanol–water partition coefficient (Wildman–Crippen LogP) is 10.5. The highest BCUT2D eigenvalue weighted by atomic mass is 32.2. The number of hydrogen-bond acceptors (Lipinski definition) is 6. The van der Waals surface area contributed by atoms with Gasteiger partial charge in [0.25, 0.3) is 14.2 Å². The van der Waals surface area contributed by atoms with Gasteiger partial charge in [0.15, 0.2) is 0 Å².